The fourth-order valence-electron chi connectivity index (χ4n) is 9.93. The molecule has 282 valence electrons. The van der Waals surface area contributed by atoms with Gasteiger partial charge in [0.2, 0.25) is 0 Å². The number of aromatic nitrogens is 3. The van der Waals surface area contributed by atoms with Crippen molar-refractivity contribution in [3.63, 3.8) is 0 Å². The van der Waals surface area contributed by atoms with Gasteiger partial charge in [-0.2, -0.15) is 0 Å². The third-order valence-corrected chi connectivity index (χ3v) is 12.4. The maximum absolute atomic E-state index is 5.32. The van der Waals surface area contributed by atoms with Crippen LogP contribution in [0.3, 0.4) is 0 Å². The van der Waals surface area contributed by atoms with E-state index in [-0.39, 0.29) is 0 Å². The summed E-state index contributed by atoms with van der Waals surface area (Å²) in [6, 6.07) is 85.4. The number of rotatable bonds is 7. The largest absolute Gasteiger partial charge is 0.208 e. The molecule has 1 heterocycles. The smallest absolute Gasteiger partial charge is 0.164 e. The van der Waals surface area contributed by atoms with Gasteiger partial charge < -0.3 is 0 Å². The number of hydrogen-bond acceptors (Lipinski definition) is 3. The summed E-state index contributed by atoms with van der Waals surface area (Å²) in [5.74, 6) is 1.88. The van der Waals surface area contributed by atoms with Crippen molar-refractivity contribution in [3.05, 3.63) is 270 Å². The van der Waals surface area contributed by atoms with E-state index in [1.807, 2.05) is 18.2 Å². The van der Waals surface area contributed by atoms with E-state index in [1.165, 1.54) is 49.9 Å². The second-order valence-corrected chi connectivity index (χ2v) is 15.5. The van der Waals surface area contributed by atoms with Crippen LogP contribution in [0.1, 0.15) is 33.4 Å². The standard InChI is InChI=1S/C57H39N3/c1-6-21-41(22-7-1)53-58-54(43-35-34-40-20-16-17-23-42(40)38-43)60-55(59-53)44-36-37-50-49-32-18-19-33-51(49)56(45-24-8-2-9-25-45,46-26-10-3-11-27-46)57(52(50)39-44,47-28-12-4-13-29-47)48-30-14-5-15-31-48/h1-39H. The number of fused-ring (bicyclic) bond motifs is 4. The van der Waals surface area contributed by atoms with E-state index < -0.39 is 10.8 Å². The van der Waals surface area contributed by atoms with Gasteiger partial charge in [-0.25, -0.2) is 15.0 Å². The Labute approximate surface area is 350 Å². The highest BCUT2D eigenvalue weighted by molar-refractivity contribution is 5.89. The van der Waals surface area contributed by atoms with Crippen molar-refractivity contribution in [3.8, 4) is 45.3 Å². The Balaban J connectivity index is 1.28. The molecular formula is C57H39N3. The molecule has 1 aliphatic rings. The first-order valence-electron chi connectivity index (χ1n) is 20.5. The van der Waals surface area contributed by atoms with E-state index >= 15 is 0 Å². The highest BCUT2D eigenvalue weighted by Crippen LogP contribution is 2.65. The molecule has 9 aromatic carbocycles. The third kappa shape index (κ3) is 5.47. The van der Waals surface area contributed by atoms with Crippen molar-refractivity contribution < 1.29 is 0 Å². The average molecular weight is 766 g/mol. The molecule has 60 heavy (non-hydrogen) atoms. The van der Waals surface area contributed by atoms with Crippen LogP contribution in [-0.4, -0.2) is 15.0 Å². The topological polar surface area (TPSA) is 38.7 Å². The van der Waals surface area contributed by atoms with Crippen LogP contribution in [0.2, 0.25) is 0 Å². The van der Waals surface area contributed by atoms with Gasteiger partial charge in [0.25, 0.3) is 0 Å². The molecule has 0 saturated heterocycles. The zero-order valence-electron chi connectivity index (χ0n) is 32.9. The molecular weight excluding hydrogens is 727 g/mol. The zero-order valence-corrected chi connectivity index (χ0v) is 32.9. The minimum absolute atomic E-state index is 0.619. The second-order valence-electron chi connectivity index (χ2n) is 15.5. The molecule has 10 aromatic rings. The Morgan fingerprint density at radius 2 is 0.633 bits per heavy atom. The minimum atomic E-state index is -0.783. The molecule has 1 aliphatic carbocycles. The van der Waals surface area contributed by atoms with Crippen molar-refractivity contribution in [2.24, 2.45) is 0 Å². The van der Waals surface area contributed by atoms with Gasteiger partial charge >= 0.3 is 0 Å². The second kappa shape index (κ2) is 14.6. The molecule has 0 saturated carbocycles. The van der Waals surface area contributed by atoms with E-state index in [0.29, 0.717) is 17.5 Å². The Bertz CT molecular complexity index is 3050. The molecule has 0 bridgehead atoms. The van der Waals surface area contributed by atoms with Gasteiger partial charge in [-0.15, -0.1) is 0 Å². The molecule has 0 spiro atoms. The van der Waals surface area contributed by atoms with Crippen LogP contribution in [-0.2, 0) is 10.8 Å². The lowest BCUT2D eigenvalue weighted by atomic mass is 9.43. The summed E-state index contributed by atoms with van der Waals surface area (Å²) in [7, 11) is 0. The summed E-state index contributed by atoms with van der Waals surface area (Å²) in [5, 5.41) is 2.31. The molecule has 0 N–H and O–H groups in total. The van der Waals surface area contributed by atoms with Gasteiger partial charge in [-0.05, 0) is 67.4 Å². The first kappa shape index (κ1) is 35.4. The summed E-state index contributed by atoms with van der Waals surface area (Å²) < 4.78 is 0. The van der Waals surface area contributed by atoms with Crippen molar-refractivity contribution in [2.45, 2.75) is 10.8 Å². The maximum atomic E-state index is 5.32. The molecule has 0 aliphatic heterocycles. The van der Waals surface area contributed by atoms with E-state index in [9.17, 15) is 0 Å². The predicted octanol–water partition coefficient (Wildman–Crippen LogP) is 13.4. The van der Waals surface area contributed by atoms with Crippen molar-refractivity contribution >= 4 is 10.8 Å². The van der Waals surface area contributed by atoms with Crippen LogP contribution in [0, 0.1) is 0 Å². The van der Waals surface area contributed by atoms with E-state index in [1.54, 1.807) is 0 Å². The zero-order chi connectivity index (χ0) is 39.9. The van der Waals surface area contributed by atoms with E-state index in [0.717, 1.165) is 22.1 Å². The van der Waals surface area contributed by atoms with Crippen molar-refractivity contribution in [1.82, 2.24) is 15.0 Å². The lowest BCUT2D eigenvalue weighted by Crippen LogP contribution is -2.54. The lowest BCUT2D eigenvalue weighted by molar-refractivity contribution is 0.415. The fraction of sp³-hybridized carbons (Fsp3) is 0.0351. The third-order valence-electron chi connectivity index (χ3n) is 12.4. The van der Waals surface area contributed by atoms with Gasteiger partial charge in [0.05, 0.1) is 10.8 Å². The highest BCUT2D eigenvalue weighted by atomic mass is 15.0. The van der Waals surface area contributed by atoms with E-state index in [2.05, 4.69) is 218 Å². The maximum Gasteiger partial charge on any atom is 0.164 e. The summed E-state index contributed by atoms with van der Waals surface area (Å²) in [4.78, 5) is 15.7. The lowest BCUT2D eigenvalue weighted by Gasteiger charge is -2.57. The highest BCUT2D eigenvalue weighted by Gasteiger charge is 2.61. The minimum Gasteiger partial charge on any atom is -0.208 e. The van der Waals surface area contributed by atoms with E-state index in [4.69, 9.17) is 15.0 Å². The number of nitrogens with zero attached hydrogens (tertiary/aromatic N) is 3. The first-order chi connectivity index (χ1) is 29.7. The van der Waals surface area contributed by atoms with Gasteiger partial charge in [0, 0.05) is 16.7 Å². The van der Waals surface area contributed by atoms with Crippen LogP contribution < -0.4 is 0 Å². The summed E-state index contributed by atoms with van der Waals surface area (Å²) in [6.07, 6.45) is 0. The molecule has 0 fully saturated rings. The van der Waals surface area contributed by atoms with Gasteiger partial charge in [0.15, 0.2) is 17.5 Å². The first-order valence-corrected chi connectivity index (χ1v) is 20.5. The SMILES string of the molecule is c1ccc(-c2nc(-c3ccc4c(c3)C(c3ccccc3)(c3ccccc3)C(c3ccccc3)(c3ccccc3)c3ccccc3-4)nc(-c3ccc4ccccc4c3)n2)cc1. The Hall–Kier alpha value is -7.75. The Morgan fingerprint density at radius 3 is 1.18 bits per heavy atom. The van der Waals surface area contributed by atoms with Crippen molar-refractivity contribution in [2.75, 3.05) is 0 Å². The quantitative estimate of drug-likeness (QED) is 0.162. The van der Waals surface area contributed by atoms with Crippen LogP contribution in [0.5, 0.6) is 0 Å². The molecule has 3 heteroatoms. The van der Waals surface area contributed by atoms with Crippen LogP contribution in [0.15, 0.2) is 237 Å². The Morgan fingerprint density at radius 1 is 0.250 bits per heavy atom. The Kier molecular flexibility index (Phi) is 8.60. The molecule has 0 amide bonds. The van der Waals surface area contributed by atoms with Gasteiger partial charge in [0.1, 0.15) is 0 Å². The molecule has 0 unspecified atom stereocenters. The molecule has 0 radical (unpaired) electrons. The molecule has 11 rings (SSSR count). The normalized spacial score (nSPS) is 13.6. The monoisotopic (exact) mass is 765 g/mol. The van der Waals surface area contributed by atoms with Crippen LogP contribution >= 0.6 is 0 Å². The summed E-state index contributed by atoms with van der Waals surface area (Å²) in [6.45, 7) is 0. The predicted molar refractivity (Wildman–Crippen MR) is 245 cm³/mol. The molecule has 3 nitrogen and oxygen atoms in total. The van der Waals surface area contributed by atoms with Gasteiger partial charge in [-0.3, -0.25) is 0 Å². The van der Waals surface area contributed by atoms with Crippen LogP contribution in [0.4, 0.5) is 0 Å². The van der Waals surface area contributed by atoms with Crippen molar-refractivity contribution in [1.29, 1.82) is 0 Å². The average Bonchev–Trinajstić information content (AvgIpc) is 3.34. The molecule has 1 aromatic heterocycles. The number of benzene rings is 9. The summed E-state index contributed by atoms with van der Waals surface area (Å²) >= 11 is 0. The van der Waals surface area contributed by atoms with Crippen LogP contribution in [0.25, 0.3) is 56.1 Å². The van der Waals surface area contributed by atoms with Gasteiger partial charge in [-0.1, -0.05) is 224 Å². The fourth-order valence-corrected chi connectivity index (χ4v) is 9.93. The number of hydrogen-bond donors (Lipinski definition) is 0. The molecule has 0 atom stereocenters. The summed E-state index contributed by atoms with van der Waals surface area (Å²) in [5.41, 5.74) is 10.9.